The predicted octanol–water partition coefficient (Wildman–Crippen LogP) is 2.31. The molecule has 0 aliphatic carbocycles. The number of hydrogen-bond donors (Lipinski definition) is 1. The van der Waals surface area contributed by atoms with Crippen LogP contribution in [-0.4, -0.2) is 31.4 Å². The molecule has 5 nitrogen and oxygen atoms in total. The van der Waals surface area contributed by atoms with E-state index >= 15 is 0 Å². The van der Waals surface area contributed by atoms with Crippen LogP contribution in [0, 0.1) is 0 Å². The van der Waals surface area contributed by atoms with Gasteiger partial charge in [-0.15, -0.1) is 0 Å². The van der Waals surface area contributed by atoms with Crippen molar-refractivity contribution in [3.63, 3.8) is 0 Å². The first kappa shape index (κ1) is 14.5. The summed E-state index contributed by atoms with van der Waals surface area (Å²) < 4.78 is 4.83. The van der Waals surface area contributed by atoms with Crippen LogP contribution in [0.3, 0.4) is 0 Å². The normalized spacial score (nSPS) is 16.6. The van der Waals surface area contributed by atoms with E-state index in [1.165, 1.54) is 5.06 Å². The molecule has 0 spiro atoms. The second-order valence-corrected chi connectivity index (χ2v) is 3.42. The quantitative estimate of drug-likeness (QED) is 0.661. The van der Waals surface area contributed by atoms with Crippen molar-refractivity contribution in [1.29, 1.82) is 0 Å². The van der Waals surface area contributed by atoms with Gasteiger partial charge in [0.25, 0.3) is 0 Å². The van der Waals surface area contributed by atoms with Crippen LogP contribution >= 0.6 is 0 Å². The molecule has 1 aromatic carbocycles. The number of amides is 2. The molecule has 0 bridgehead atoms. The van der Waals surface area contributed by atoms with Gasteiger partial charge >= 0.3 is 6.03 Å². The highest BCUT2D eigenvalue weighted by Gasteiger charge is 2.42. The number of carbonyl (C=O) groups is 1. The summed E-state index contributed by atoms with van der Waals surface area (Å²) in [6.45, 7) is 4.98. The Balaban J connectivity index is 0.000000771. The van der Waals surface area contributed by atoms with Crippen LogP contribution in [0.15, 0.2) is 30.3 Å². The van der Waals surface area contributed by atoms with Crippen LogP contribution in [0.2, 0.25) is 0 Å². The Hall–Kier alpha value is -1.59. The molecule has 1 aromatic rings. The number of carbonyl (C=O) groups excluding carboxylic acids is 1. The lowest BCUT2D eigenvalue weighted by Crippen LogP contribution is -2.31. The first-order valence-electron chi connectivity index (χ1n) is 6.10. The van der Waals surface area contributed by atoms with E-state index in [-0.39, 0.29) is 12.3 Å². The van der Waals surface area contributed by atoms with Crippen LogP contribution in [-0.2, 0) is 9.57 Å². The number of nitrogens with one attached hydrogen (secondary N) is 1. The second-order valence-electron chi connectivity index (χ2n) is 3.42. The van der Waals surface area contributed by atoms with Crippen molar-refractivity contribution in [2.75, 3.05) is 20.3 Å². The SMILES string of the molecule is CC.COCCNC(=O)N1OC1c1ccccc1. The van der Waals surface area contributed by atoms with E-state index in [9.17, 15) is 4.79 Å². The predicted molar refractivity (Wildman–Crippen MR) is 68.7 cm³/mol. The maximum atomic E-state index is 11.5. The first-order chi connectivity index (χ1) is 8.83. The molecule has 1 saturated heterocycles. The lowest BCUT2D eigenvalue weighted by molar-refractivity contribution is 0.166. The fourth-order valence-electron chi connectivity index (χ4n) is 1.39. The second kappa shape index (κ2) is 7.68. The van der Waals surface area contributed by atoms with Gasteiger partial charge in [0.15, 0.2) is 0 Å². The van der Waals surface area contributed by atoms with Crippen LogP contribution in [0.25, 0.3) is 0 Å². The maximum absolute atomic E-state index is 11.5. The Morgan fingerprint density at radius 2 is 2.06 bits per heavy atom. The van der Waals surface area contributed by atoms with Gasteiger partial charge in [0.05, 0.1) is 6.61 Å². The van der Waals surface area contributed by atoms with Crippen molar-refractivity contribution >= 4 is 6.03 Å². The summed E-state index contributed by atoms with van der Waals surface area (Å²) in [4.78, 5) is 16.7. The Labute approximate surface area is 108 Å². The van der Waals surface area contributed by atoms with Gasteiger partial charge in [0.2, 0.25) is 6.23 Å². The van der Waals surface area contributed by atoms with E-state index in [0.29, 0.717) is 13.2 Å². The number of benzene rings is 1. The van der Waals surface area contributed by atoms with Gasteiger partial charge in [-0.1, -0.05) is 44.2 Å². The molecule has 100 valence electrons. The summed E-state index contributed by atoms with van der Waals surface area (Å²) in [5, 5.41) is 3.99. The van der Waals surface area contributed by atoms with Gasteiger partial charge in [-0.3, -0.25) is 0 Å². The number of rotatable bonds is 4. The topological polar surface area (TPSA) is 53.9 Å². The minimum absolute atomic E-state index is 0.231. The highest BCUT2D eigenvalue weighted by Crippen LogP contribution is 2.36. The standard InChI is InChI=1S/C11H14N2O3.C2H6/c1-15-8-7-12-11(14)13-10(16-13)9-5-3-2-4-6-9;1-2/h2-6,10H,7-8H2,1H3,(H,12,14);1-2H3. The minimum atomic E-state index is -0.247. The molecule has 1 fully saturated rings. The molecule has 1 aliphatic rings. The zero-order valence-electron chi connectivity index (χ0n) is 11.1. The van der Waals surface area contributed by atoms with Crippen molar-refractivity contribution in [3.05, 3.63) is 35.9 Å². The molecule has 18 heavy (non-hydrogen) atoms. The monoisotopic (exact) mass is 252 g/mol. The van der Waals surface area contributed by atoms with Gasteiger partial charge in [0, 0.05) is 19.2 Å². The zero-order valence-corrected chi connectivity index (χ0v) is 11.1. The Bertz CT molecular complexity index is 357. The molecule has 0 aromatic heterocycles. The van der Waals surface area contributed by atoms with Crippen molar-refractivity contribution in [2.45, 2.75) is 20.1 Å². The summed E-state index contributed by atoms with van der Waals surface area (Å²) in [7, 11) is 1.59. The highest BCUT2D eigenvalue weighted by atomic mass is 16.8. The van der Waals surface area contributed by atoms with Crippen LogP contribution in [0.1, 0.15) is 25.6 Å². The van der Waals surface area contributed by atoms with Crippen molar-refractivity contribution < 1.29 is 14.4 Å². The number of ether oxygens (including phenoxy) is 1. The van der Waals surface area contributed by atoms with E-state index in [1.807, 2.05) is 44.2 Å². The van der Waals surface area contributed by atoms with E-state index < -0.39 is 0 Å². The molecule has 1 aliphatic heterocycles. The van der Waals surface area contributed by atoms with Crippen molar-refractivity contribution in [2.24, 2.45) is 0 Å². The summed E-state index contributed by atoms with van der Waals surface area (Å²) in [5.41, 5.74) is 0.976. The molecular formula is C13H20N2O3. The lowest BCUT2D eigenvalue weighted by Gasteiger charge is -2.02. The van der Waals surface area contributed by atoms with Gasteiger partial charge in [-0.2, -0.15) is 5.06 Å². The highest BCUT2D eigenvalue weighted by molar-refractivity contribution is 5.74. The largest absolute Gasteiger partial charge is 0.383 e. The van der Waals surface area contributed by atoms with E-state index in [4.69, 9.17) is 9.57 Å². The summed E-state index contributed by atoms with van der Waals surface area (Å²) in [6.07, 6.45) is -0.247. The van der Waals surface area contributed by atoms with Crippen molar-refractivity contribution in [1.82, 2.24) is 10.4 Å². The number of hydrogen-bond acceptors (Lipinski definition) is 3. The molecule has 1 heterocycles. The van der Waals surface area contributed by atoms with Crippen LogP contribution in [0.4, 0.5) is 4.79 Å². The van der Waals surface area contributed by atoms with Gasteiger partial charge in [0.1, 0.15) is 0 Å². The van der Waals surface area contributed by atoms with Gasteiger partial charge < -0.3 is 10.1 Å². The maximum Gasteiger partial charge on any atom is 0.344 e. The molecule has 1 atom stereocenters. The summed E-state index contributed by atoms with van der Waals surface area (Å²) in [5.74, 6) is 0. The Morgan fingerprint density at radius 1 is 1.39 bits per heavy atom. The van der Waals surface area contributed by atoms with E-state index in [1.54, 1.807) is 7.11 Å². The molecule has 0 saturated carbocycles. The number of nitrogens with zero attached hydrogens (tertiary/aromatic N) is 1. The first-order valence-corrected chi connectivity index (χ1v) is 6.10. The zero-order chi connectivity index (χ0) is 13.4. The van der Waals surface area contributed by atoms with Gasteiger partial charge in [-0.25, -0.2) is 9.63 Å². The molecule has 2 rings (SSSR count). The Kier molecular flexibility index (Phi) is 6.18. The molecular weight excluding hydrogens is 232 g/mol. The minimum Gasteiger partial charge on any atom is -0.383 e. The third-order valence-corrected chi connectivity index (χ3v) is 2.25. The molecule has 1 unspecified atom stereocenters. The van der Waals surface area contributed by atoms with E-state index in [0.717, 1.165) is 5.56 Å². The van der Waals surface area contributed by atoms with Gasteiger partial charge in [-0.05, 0) is 0 Å². The summed E-state index contributed by atoms with van der Waals surface area (Å²) >= 11 is 0. The average molecular weight is 252 g/mol. The lowest BCUT2D eigenvalue weighted by atomic mass is 10.2. The smallest absolute Gasteiger partial charge is 0.344 e. The third kappa shape index (κ3) is 4.01. The molecule has 2 amide bonds. The fraction of sp³-hybridized carbons (Fsp3) is 0.462. The van der Waals surface area contributed by atoms with Crippen molar-refractivity contribution in [3.8, 4) is 0 Å². The van der Waals surface area contributed by atoms with Crippen LogP contribution in [0.5, 0.6) is 0 Å². The molecule has 0 radical (unpaired) electrons. The number of urea groups is 1. The summed E-state index contributed by atoms with van der Waals surface area (Å²) in [6, 6.07) is 9.37. The van der Waals surface area contributed by atoms with E-state index in [2.05, 4.69) is 5.32 Å². The Morgan fingerprint density at radius 3 is 2.67 bits per heavy atom. The third-order valence-electron chi connectivity index (χ3n) is 2.25. The molecule has 5 heteroatoms. The fourth-order valence-corrected chi connectivity index (χ4v) is 1.39. The number of hydroxylamine groups is 2. The average Bonchev–Trinajstić information content (AvgIpc) is 3.23. The van der Waals surface area contributed by atoms with Crippen LogP contribution < -0.4 is 5.32 Å². The molecule has 1 N–H and O–H groups in total. The number of methoxy groups -OCH3 is 1.